The Bertz CT molecular complexity index is 295. The second-order valence-corrected chi connectivity index (χ2v) is 2.78. The highest BCUT2D eigenvalue weighted by molar-refractivity contribution is 5.35. The SMILES string of the molecule is CCCC#CC#CC#CCCCCO. The van der Waals surface area contributed by atoms with Gasteiger partial charge in [-0.1, -0.05) is 18.8 Å². The van der Waals surface area contributed by atoms with E-state index in [1.165, 1.54) is 0 Å². The van der Waals surface area contributed by atoms with Crippen molar-refractivity contribution < 1.29 is 5.11 Å². The molecule has 0 amide bonds. The normalized spacial score (nSPS) is 7.29. The number of unbranched alkanes of at least 4 members (excludes halogenated alkanes) is 3. The monoisotopic (exact) mass is 188 g/mol. The average molecular weight is 188 g/mol. The fourth-order valence-electron chi connectivity index (χ4n) is 0.726. The summed E-state index contributed by atoms with van der Waals surface area (Å²) in [6, 6.07) is 0. The Morgan fingerprint density at radius 3 is 2.07 bits per heavy atom. The van der Waals surface area contributed by atoms with Gasteiger partial charge in [0.25, 0.3) is 0 Å². The zero-order valence-corrected chi connectivity index (χ0v) is 8.69. The first-order valence-corrected chi connectivity index (χ1v) is 4.98. The third-order valence-corrected chi connectivity index (χ3v) is 1.45. The first-order valence-electron chi connectivity index (χ1n) is 4.98. The molecular weight excluding hydrogens is 172 g/mol. The van der Waals surface area contributed by atoms with Gasteiger partial charge in [0.15, 0.2) is 0 Å². The van der Waals surface area contributed by atoms with Crippen molar-refractivity contribution in [1.82, 2.24) is 0 Å². The van der Waals surface area contributed by atoms with Gasteiger partial charge in [-0.3, -0.25) is 0 Å². The minimum atomic E-state index is 0.246. The molecule has 74 valence electrons. The summed E-state index contributed by atoms with van der Waals surface area (Å²) in [5.41, 5.74) is 0. The van der Waals surface area contributed by atoms with Crippen molar-refractivity contribution in [2.45, 2.75) is 39.0 Å². The van der Waals surface area contributed by atoms with Crippen molar-refractivity contribution in [3.63, 3.8) is 0 Å². The smallest absolute Gasteiger partial charge is 0.0431 e. The predicted octanol–water partition coefficient (Wildman–Crippen LogP) is 1.96. The first kappa shape index (κ1) is 12.6. The Morgan fingerprint density at radius 2 is 1.50 bits per heavy atom. The molecule has 0 rings (SSSR count). The highest BCUT2D eigenvalue weighted by Crippen LogP contribution is 1.90. The fraction of sp³-hybridized carbons (Fsp3) is 0.538. The highest BCUT2D eigenvalue weighted by Gasteiger charge is 1.79. The van der Waals surface area contributed by atoms with Gasteiger partial charge in [-0.2, -0.15) is 0 Å². The minimum Gasteiger partial charge on any atom is -0.396 e. The van der Waals surface area contributed by atoms with E-state index in [0.29, 0.717) is 0 Å². The van der Waals surface area contributed by atoms with Crippen LogP contribution in [-0.4, -0.2) is 11.7 Å². The van der Waals surface area contributed by atoms with Crippen LogP contribution < -0.4 is 0 Å². The van der Waals surface area contributed by atoms with Crippen LogP contribution in [0.25, 0.3) is 0 Å². The minimum absolute atomic E-state index is 0.246. The van der Waals surface area contributed by atoms with E-state index < -0.39 is 0 Å². The Labute approximate surface area is 86.9 Å². The van der Waals surface area contributed by atoms with Crippen molar-refractivity contribution in [3.8, 4) is 35.5 Å². The molecule has 0 fully saturated rings. The zero-order valence-electron chi connectivity index (χ0n) is 8.69. The quantitative estimate of drug-likeness (QED) is 0.528. The molecule has 14 heavy (non-hydrogen) atoms. The summed E-state index contributed by atoms with van der Waals surface area (Å²) >= 11 is 0. The number of hydrogen-bond acceptors (Lipinski definition) is 1. The average Bonchev–Trinajstić information content (AvgIpc) is 2.21. The maximum absolute atomic E-state index is 8.50. The molecule has 1 nitrogen and oxygen atoms in total. The van der Waals surface area contributed by atoms with E-state index in [2.05, 4.69) is 42.4 Å². The number of rotatable bonds is 4. The number of aliphatic hydroxyl groups excluding tert-OH is 1. The van der Waals surface area contributed by atoms with Crippen molar-refractivity contribution in [3.05, 3.63) is 0 Å². The molecule has 0 aromatic heterocycles. The maximum atomic E-state index is 8.50. The summed E-state index contributed by atoms with van der Waals surface area (Å²) in [4.78, 5) is 0. The lowest BCUT2D eigenvalue weighted by Gasteiger charge is -1.86. The molecule has 0 spiro atoms. The number of hydrogen-bond donors (Lipinski definition) is 1. The lowest BCUT2D eigenvalue weighted by Crippen LogP contribution is -1.80. The molecule has 0 aromatic carbocycles. The Balaban J connectivity index is 3.54. The van der Waals surface area contributed by atoms with Crippen LogP contribution in [0.2, 0.25) is 0 Å². The van der Waals surface area contributed by atoms with Gasteiger partial charge in [0, 0.05) is 19.4 Å². The van der Waals surface area contributed by atoms with Gasteiger partial charge >= 0.3 is 0 Å². The molecule has 0 saturated carbocycles. The Morgan fingerprint density at radius 1 is 0.857 bits per heavy atom. The second-order valence-electron chi connectivity index (χ2n) is 2.78. The lowest BCUT2D eigenvalue weighted by molar-refractivity contribution is 0.285. The Kier molecular flexibility index (Phi) is 10.5. The molecule has 0 heterocycles. The molecular formula is C13H16O. The van der Waals surface area contributed by atoms with Gasteiger partial charge in [0.05, 0.1) is 0 Å². The first-order chi connectivity index (χ1) is 6.91. The van der Waals surface area contributed by atoms with Crippen LogP contribution >= 0.6 is 0 Å². The van der Waals surface area contributed by atoms with Gasteiger partial charge in [-0.25, -0.2) is 0 Å². The van der Waals surface area contributed by atoms with E-state index in [9.17, 15) is 0 Å². The van der Waals surface area contributed by atoms with E-state index >= 15 is 0 Å². The van der Waals surface area contributed by atoms with Crippen LogP contribution in [0.15, 0.2) is 0 Å². The largest absolute Gasteiger partial charge is 0.396 e. The van der Waals surface area contributed by atoms with Crippen molar-refractivity contribution in [1.29, 1.82) is 0 Å². The zero-order chi connectivity index (χ0) is 10.5. The summed E-state index contributed by atoms with van der Waals surface area (Å²) in [5, 5.41) is 8.50. The summed E-state index contributed by atoms with van der Waals surface area (Å²) in [7, 11) is 0. The predicted molar refractivity (Wildman–Crippen MR) is 59.2 cm³/mol. The van der Waals surface area contributed by atoms with E-state index in [4.69, 9.17) is 5.11 Å². The van der Waals surface area contributed by atoms with Crippen LogP contribution in [0.3, 0.4) is 0 Å². The molecule has 0 atom stereocenters. The van der Waals surface area contributed by atoms with Gasteiger partial charge in [-0.05, 0) is 42.9 Å². The van der Waals surface area contributed by atoms with Crippen molar-refractivity contribution >= 4 is 0 Å². The molecule has 0 bridgehead atoms. The van der Waals surface area contributed by atoms with Crippen LogP contribution in [0.1, 0.15) is 39.0 Å². The summed E-state index contributed by atoms with van der Waals surface area (Å²) in [5.74, 6) is 16.6. The fourth-order valence-corrected chi connectivity index (χ4v) is 0.726. The molecule has 1 heteroatoms. The molecule has 0 aromatic rings. The van der Waals surface area contributed by atoms with E-state index in [1.807, 2.05) is 0 Å². The summed E-state index contributed by atoms with van der Waals surface area (Å²) < 4.78 is 0. The van der Waals surface area contributed by atoms with Gasteiger partial charge < -0.3 is 5.11 Å². The summed E-state index contributed by atoms with van der Waals surface area (Å²) in [6.07, 6.45) is 4.53. The third kappa shape index (κ3) is 10.6. The lowest BCUT2D eigenvalue weighted by atomic mass is 10.2. The standard InChI is InChI=1S/C13H16O/c1-2-3-4-5-6-7-8-9-10-11-12-13-14/h14H,2-3,10-13H2,1H3. The molecule has 0 unspecified atom stereocenters. The van der Waals surface area contributed by atoms with Crippen LogP contribution in [0, 0.1) is 35.5 Å². The van der Waals surface area contributed by atoms with E-state index in [-0.39, 0.29) is 6.61 Å². The van der Waals surface area contributed by atoms with Crippen LogP contribution in [0.5, 0.6) is 0 Å². The molecule has 0 aliphatic heterocycles. The van der Waals surface area contributed by atoms with Crippen LogP contribution in [-0.2, 0) is 0 Å². The van der Waals surface area contributed by atoms with E-state index in [1.54, 1.807) is 0 Å². The topological polar surface area (TPSA) is 20.2 Å². The molecule has 0 aliphatic rings. The van der Waals surface area contributed by atoms with Gasteiger partial charge in [0.1, 0.15) is 0 Å². The highest BCUT2D eigenvalue weighted by atomic mass is 16.2. The van der Waals surface area contributed by atoms with Crippen LogP contribution in [0.4, 0.5) is 0 Å². The molecule has 0 saturated heterocycles. The van der Waals surface area contributed by atoms with Crippen molar-refractivity contribution in [2.24, 2.45) is 0 Å². The van der Waals surface area contributed by atoms with E-state index in [0.717, 1.165) is 32.1 Å². The Hall–Kier alpha value is -1.36. The molecule has 0 radical (unpaired) electrons. The van der Waals surface area contributed by atoms with Crippen molar-refractivity contribution in [2.75, 3.05) is 6.61 Å². The maximum Gasteiger partial charge on any atom is 0.0431 e. The molecule has 0 aliphatic carbocycles. The second kappa shape index (κ2) is 11.6. The van der Waals surface area contributed by atoms with Gasteiger partial charge in [-0.15, -0.1) is 0 Å². The third-order valence-electron chi connectivity index (χ3n) is 1.45. The molecule has 1 N–H and O–H groups in total. The number of aliphatic hydroxyl groups is 1. The summed E-state index contributed by atoms with van der Waals surface area (Å²) in [6.45, 7) is 2.33. The van der Waals surface area contributed by atoms with Gasteiger partial charge in [0.2, 0.25) is 0 Å².